The standard InChI is InChI=1S/C14H10F2N4O2S/c15-10-5-6-14(17-7-10)19-23(21,22)11-8-18-20(9-11)13-4-2-1-3-12(13)16/h1-9H,(H,17,19). The fourth-order valence-corrected chi connectivity index (χ4v) is 2.79. The molecule has 0 atom stereocenters. The molecule has 118 valence electrons. The Morgan fingerprint density at radius 1 is 1.04 bits per heavy atom. The molecule has 6 nitrogen and oxygen atoms in total. The van der Waals surface area contributed by atoms with Crippen LogP contribution in [-0.2, 0) is 10.0 Å². The van der Waals surface area contributed by atoms with Gasteiger partial charge in [-0.3, -0.25) is 4.72 Å². The summed E-state index contributed by atoms with van der Waals surface area (Å²) in [5.74, 6) is -1.15. The molecule has 0 aliphatic rings. The Labute approximate surface area is 130 Å². The number of hydrogen-bond acceptors (Lipinski definition) is 4. The molecule has 0 radical (unpaired) electrons. The summed E-state index contributed by atoms with van der Waals surface area (Å²) in [7, 11) is -3.97. The Hall–Kier alpha value is -2.81. The lowest BCUT2D eigenvalue weighted by molar-refractivity contribution is 0.599. The van der Waals surface area contributed by atoms with Gasteiger partial charge in [-0.05, 0) is 24.3 Å². The van der Waals surface area contributed by atoms with Crippen LogP contribution in [0.15, 0.2) is 59.9 Å². The van der Waals surface area contributed by atoms with E-state index < -0.39 is 21.7 Å². The third-order valence-electron chi connectivity index (χ3n) is 2.93. The van der Waals surface area contributed by atoms with Crippen LogP contribution >= 0.6 is 0 Å². The minimum atomic E-state index is -3.97. The van der Waals surface area contributed by atoms with E-state index >= 15 is 0 Å². The van der Waals surface area contributed by atoms with Gasteiger partial charge in [-0.2, -0.15) is 5.10 Å². The molecule has 2 heterocycles. The number of aromatic nitrogens is 3. The molecule has 0 fully saturated rings. The molecule has 23 heavy (non-hydrogen) atoms. The Bertz CT molecular complexity index is 939. The van der Waals surface area contributed by atoms with Crippen LogP contribution in [0.3, 0.4) is 0 Å². The highest BCUT2D eigenvalue weighted by atomic mass is 32.2. The first-order valence-electron chi connectivity index (χ1n) is 6.40. The zero-order valence-electron chi connectivity index (χ0n) is 11.5. The second kappa shape index (κ2) is 5.76. The number of pyridine rings is 1. The Morgan fingerprint density at radius 3 is 2.52 bits per heavy atom. The summed E-state index contributed by atoms with van der Waals surface area (Å²) in [6.07, 6.45) is 3.14. The van der Waals surface area contributed by atoms with E-state index in [-0.39, 0.29) is 16.4 Å². The van der Waals surface area contributed by atoms with Gasteiger partial charge < -0.3 is 0 Å². The van der Waals surface area contributed by atoms with Crippen LogP contribution in [-0.4, -0.2) is 23.2 Å². The van der Waals surface area contributed by atoms with Crippen molar-refractivity contribution in [1.29, 1.82) is 0 Å². The van der Waals surface area contributed by atoms with Gasteiger partial charge in [0.2, 0.25) is 0 Å². The Balaban J connectivity index is 1.90. The van der Waals surface area contributed by atoms with Crippen molar-refractivity contribution in [3.8, 4) is 5.69 Å². The van der Waals surface area contributed by atoms with E-state index in [0.717, 1.165) is 23.1 Å². The highest BCUT2D eigenvalue weighted by Crippen LogP contribution is 2.17. The van der Waals surface area contributed by atoms with Crippen LogP contribution in [0.5, 0.6) is 0 Å². The molecule has 0 spiro atoms. The van der Waals surface area contributed by atoms with Crippen LogP contribution < -0.4 is 4.72 Å². The normalized spacial score (nSPS) is 11.4. The van der Waals surface area contributed by atoms with Crippen molar-refractivity contribution in [3.05, 3.63) is 66.6 Å². The molecule has 2 aromatic heterocycles. The lowest BCUT2D eigenvalue weighted by Crippen LogP contribution is -2.13. The third kappa shape index (κ3) is 3.19. The van der Waals surface area contributed by atoms with E-state index in [2.05, 4.69) is 14.8 Å². The summed E-state index contributed by atoms with van der Waals surface area (Å²) in [4.78, 5) is 3.44. The van der Waals surface area contributed by atoms with Crippen molar-refractivity contribution in [1.82, 2.24) is 14.8 Å². The van der Waals surface area contributed by atoms with Crippen molar-refractivity contribution in [2.75, 3.05) is 4.72 Å². The van der Waals surface area contributed by atoms with E-state index in [9.17, 15) is 17.2 Å². The summed E-state index contributed by atoms with van der Waals surface area (Å²) >= 11 is 0. The van der Waals surface area contributed by atoms with Crippen LogP contribution in [0.4, 0.5) is 14.6 Å². The summed E-state index contributed by atoms with van der Waals surface area (Å²) in [6.45, 7) is 0. The predicted molar refractivity (Wildman–Crippen MR) is 78.5 cm³/mol. The molecule has 1 aromatic carbocycles. The summed E-state index contributed by atoms with van der Waals surface area (Å²) in [5.41, 5.74) is 0.119. The van der Waals surface area contributed by atoms with E-state index in [0.29, 0.717) is 0 Å². The van der Waals surface area contributed by atoms with Crippen molar-refractivity contribution in [3.63, 3.8) is 0 Å². The molecule has 3 aromatic rings. The zero-order valence-corrected chi connectivity index (χ0v) is 12.3. The monoisotopic (exact) mass is 336 g/mol. The first-order valence-corrected chi connectivity index (χ1v) is 7.88. The second-order valence-corrected chi connectivity index (χ2v) is 6.22. The third-order valence-corrected chi connectivity index (χ3v) is 4.24. The van der Waals surface area contributed by atoms with Gasteiger partial charge >= 0.3 is 0 Å². The van der Waals surface area contributed by atoms with Crippen molar-refractivity contribution in [2.45, 2.75) is 4.90 Å². The summed E-state index contributed by atoms with van der Waals surface area (Å²) in [6, 6.07) is 8.10. The predicted octanol–water partition coefficient (Wildman–Crippen LogP) is 2.35. The molecule has 0 amide bonds. The molecule has 0 bridgehead atoms. The van der Waals surface area contributed by atoms with Gasteiger partial charge in [-0.1, -0.05) is 12.1 Å². The Kier molecular flexibility index (Phi) is 3.78. The van der Waals surface area contributed by atoms with Gasteiger partial charge in [0.1, 0.15) is 28.0 Å². The van der Waals surface area contributed by atoms with Gasteiger partial charge in [-0.15, -0.1) is 0 Å². The molecule has 9 heteroatoms. The number of rotatable bonds is 4. The smallest absolute Gasteiger partial charge is 0.263 e. The number of para-hydroxylation sites is 1. The van der Waals surface area contributed by atoms with Gasteiger partial charge in [0.25, 0.3) is 10.0 Å². The van der Waals surface area contributed by atoms with E-state index in [1.54, 1.807) is 6.07 Å². The number of halogens is 2. The number of hydrogen-bond donors (Lipinski definition) is 1. The number of anilines is 1. The molecular formula is C14H10F2N4O2S. The SMILES string of the molecule is O=S(=O)(Nc1ccc(F)cn1)c1cnn(-c2ccccc2F)c1. The average molecular weight is 336 g/mol. The topological polar surface area (TPSA) is 76.9 Å². The van der Waals surface area contributed by atoms with E-state index in [1.165, 1.54) is 30.5 Å². The molecule has 0 saturated heterocycles. The minimum Gasteiger partial charge on any atom is -0.263 e. The molecule has 0 unspecified atom stereocenters. The molecule has 1 N–H and O–H groups in total. The number of sulfonamides is 1. The van der Waals surface area contributed by atoms with Crippen molar-refractivity contribution >= 4 is 15.8 Å². The summed E-state index contributed by atoms with van der Waals surface area (Å²) < 4.78 is 54.2. The minimum absolute atomic E-state index is 0.0370. The molecular weight excluding hydrogens is 326 g/mol. The van der Waals surface area contributed by atoms with Gasteiger partial charge in [0, 0.05) is 0 Å². The molecule has 0 aliphatic carbocycles. The maximum absolute atomic E-state index is 13.7. The van der Waals surface area contributed by atoms with Crippen molar-refractivity contribution in [2.24, 2.45) is 0 Å². The van der Waals surface area contributed by atoms with Crippen LogP contribution in [0.1, 0.15) is 0 Å². The quantitative estimate of drug-likeness (QED) is 0.793. The molecule has 3 rings (SSSR count). The summed E-state index contributed by atoms with van der Waals surface area (Å²) in [5, 5.41) is 3.85. The number of benzene rings is 1. The highest BCUT2D eigenvalue weighted by Gasteiger charge is 2.18. The average Bonchev–Trinajstić information content (AvgIpc) is 3.00. The first kappa shape index (κ1) is 15.1. The molecule has 0 saturated carbocycles. The highest BCUT2D eigenvalue weighted by molar-refractivity contribution is 7.92. The van der Waals surface area contributed by atoms with E-state index in [4.69, 9.17) is 0 Å². The zero-order chi connectivity index (χ0) is 16.4. The largest absolute Gasteiger partial charge is 0.266 e. The lowest BCUT2D eigenvalue weighted by Gasteiger charge is -2.05. The van der Waals surface area contributed by atoms with Crippen LogP contribution in [0, 0.1) is 11.6 Å². The fraction of sp³-hybridized carbons (Fsp3) is 0. The van der Waals surface area contributed by atoms with E-state index in [1.807, 2.05) is 0 Å². The number of nitrogens with zero attached hydrogens (tertiary/aromatic N) is 3. The van der Waals surface area contributed by atoms with Crippen LogP contribution in [0.2, 0.25) is 0 Å². The van der Waals surface area contributed by atoms with Gasteiger partial charge in [0.15, 0.2) is 0 Å². The second-order valence-electron chi connectivity index (χ2n) is 4.54. The Morgan fingerprint density at radius 2 is 1.83 bits per heavy atom. The van der Waals surface area contributed by atoms with Gasteiger partial charge in [-0.25, -0.2) is 26.9 Å². The maximum Gasteiger partial charge on any atom is 0.266 e. The maximum atomic E-state index is 13.7. The fourth-order valence-electron chi connectivity index (χ4n) is 1.85. The van der Waals surface area contributed by atoms with Gasteiger partial charge in [0.05, 0.1) is 18.6 Å². The van der Waals surface area contributed by atoms with Crippen molar-refractivity contribution < 1.29 is 17.2 Å². The lowest BCUT2D eigenvalue weighted by atomic mass is 10.3. The molecule has 0 aliphatic heterocycles. The van der Waals surface area contributed by atoms with Crippen LogP contribution in [0.25, 0.3) is 5.69 Å². The first-order chi connectivity index (χ1) is 11.0. The number of nitrogens with one attached hydrogen (secondary N) is 1.